The Kier molecular flexibility index (Phi) is 7.69. The molecule has 0 fully saturated rings. The summed E-state index contributed by atoms with van der Waals surface area (Å²) in [5.41, 5.74) is 3.45. The van der Waals surface area contributed by atoms with Crippen LogP contribution in [0.3, 0.4) is 0 Å². The molecular weight excluding hydrogens is 320 g/mol. The maximum atomic E-state index is 10.5. The largest absolute Gasteiger partial charge is 0.384 e. The fraction of sp³-hybridized carbons (Fsp3) is 0.261. The van der Waals surface area contributed by atoms with Gasteiger partial charge in [0.15, 0.2) is 0 Å². The lowest BCUT2D eigenvalue weighted by atomic mass is 9.80. The van der Waals surface area contributed by atoms with Gasteiger partial charge in [0.05, 0.1) is 0 Å². The Labute approximate surface area is 156 Å². The van der Waals surface area contributed by atoms with Crippen LogP contribution in [0.2, 0.25) is 0 Å². The smallest absolute Gasteiger partial charge is 0.121 e. The fourth-order valence-corrected chi connectivity index (χ4v) is 2.78. The third kappa shape index (κ3) is 6.25. The normalized spacial score (nSPS) is 11.8. The van der Waals surface area contributed by atoms with Crippen molar-refractivity contribution in [2.45, 2.75) is 32.1 Å². The summed E-state index contributed by atoms with van der Waals surface area (Å²) in [4.78, 5) is 10.5. The topological polar surface area (TPSA) is 41.1 Å². The minimum Gasteiger partial charge on any atom is -0.384 e. The van der Waals surface area contributed by atoms with Crippen molar-refractivity contribution in [2.75, 3.05) is 17.2 Å². The number of allylic oxidation sites excluding steroid dienone is 3. The molecule has 0 amide bonds. The first kappa shape index (κ1) is 19.5. The predicted octanol–water partition coefficient (Wildman–Crippen LogP) is 5.54. The molecule has 0 bridgehead atoms. The first-order valence-corrected chi connectivity index (χ1v) is 9.04. The zero-order valence-electron chi connectivity index (χ0n) is 15.6. The van der Waals surface area contributed by atoms with Crippen LogP contribution in [0.5, 0.6) is 0 Å². The summed E-state index contributed by atoms with van der Waals surface area (Å²) in [5, 5.41) is 6.61. The number of carbonyl (C=O) groups excluding carboxylic acids is 1. The lowest BCUT2D eigenvalue weighted by Crippen LogP contribution is -2.19. The summed E-state index contributed by atoms with van der Waals surface area (Å²) < 4.78 is 0. The first-order chi connectivity index (χ1) is 12.6. The van der Waals surface area contributed by atoms with E-state index < -0.39 is 0 Å². The van der Waals surface area contributed by atoms with Crippen molar-refractivity contribution in [2.24, 2.45) is 0 Å². The van der Waals surface area contributed by atoms with Gasteiger partial charge >= 0.3 is 0 Å². The molecule has 0 atom stereocenters. The van der Waals surface area contributed by atoms with Crippen molar-refractivity contribution >= 4 is 17.7 Å². The number of hydrogen-bond donors (Lipinski definition) is 2. The van der Waals surface area contributed by atoms with E-state index in [-0.39, 0.29) is 5.41 Å². The van der Waals surface area contributed by atoms with Crippen molar-refractivity contribution in [3.8, 4) is 0 Å². The van der Waals surface area contributed by atoms with E-state index in [1.54, 1.807) is 0 Å². The molecule has 2 aromatic rings. The average molecular weight is 348 g/mol. The van der Waals surface area contributed by atoms with Crippen LogP contribution in [0.4, 0.5) is 11.4 Å². The van der Waals surface area contributed by atoms with Gasteiger partial charge in [-0.3, -0.25) is 0 Å². The molecule has 2 aromatic carbocycles. The van der Waals surface area contributed by atoms with Crippen LogP contribution < -0.4 is 10.6 Å². The second-order valence-electron chi connectivity index (χ2n) is 6.81. The van der Waals surface area contributed by atoms with Crippen LogP contribution in [0.15, 0.2) is 79.0 Å². The fourth-order valence-electron chi connectivity index (χ4n) is 2.78. The van der Waals surface area contributed by atoms with Crippen LogP contribution in [0.25, 0.3) is 0 Å². The van der Waals surface area contributed by atoms with Gasteiger partial charge in [0.2, 0.25) is 0 Å². The van der Waals surface area contributed by atoms with Crippen LogP contribution in [0, 0.1) is 0 Å². The Morgan fingerprint density at radius 3 is 2.46 bits per heavy atom. The monoisotopic (exact) mass is 348 g/mol. The summed E-state index contributed by atoms with van der Waals surface area (Å²) in [7, 11) is 0. The molecule has 2 rings (SSSR count). The summed E-state index contributed by atoms with van der Waals surface area (Å²) in [6, 6.07) is 18.4. The number of hydrogen-bond acceptors (Lipinski definition) is 3. The highest BCUT2D eigenvalue weighted by Crippen LogP contribution is 2.33. The number of benzene rings is 2. The quantitative estimate of drug-likeness (QED) is 0.337. The highest BCUT2D eigenvalue weighted by molar-refractivity contribution is 5.56. The van der Waals surface area contributed by atoms with E-state index in [9.17, 15) is 4.79 Å². The molecular formula is C23H28N2O. The number of para-hydroxylation sites is 2. The maximum absolute atomic E-state index is 10.5. The molecule has 0 aliphatic rings. The van der Waals surface area contributed by atoms with Gasteiger partial charge in [0.1, 0.15) is 6.29 Å². The van der Waals surface area contributed by atoms with Crippen molar-refractivity contribution in [1.82, 2.24) is 0 Å². The standard InChI is InChI=1S/C23H28N2O/c1-23(2,21-14-7-8-15-22(21)25-18-11-19-26)16-9-4-10-17-24-20-12-5-3-6-13-20/h3-10,12-15,17,19,24-25H,11,16,18H2,1-2H3/b9-4+,17-10+. The zero-order chi connectivity index (χ0) is 18.7. The molecule has 0 aromatic heterocycles. The van der Waals surface area contributed by atoms with Crippen LogP contribution >= 0.6 is 0 Å². The third-order valence-corrected chi connectivity index (χ3v) is 4.23. The maximum Gasteiger partial charge on any atom is 0.121 e. The van der Waals surface area contributed by atoms with Crippen molar-refractivity contribution < 1.29 is 4.79 Å². The third-order valence-electron chi connectivity index (χ3n) is 4.23. The summed E-state index contributed by atoms with van der Waals surface area (Å²) >= 11 is 0. The molecule has 0 saturated carbocycles. The van der Waals surface area contributed by atoms with E-state index in [2.05, 4.69) is 54.8 Å². The molecule has 0 spiro atoms. The highest BCUT2D eigenvalue weighted by atomic mass is 16.1. The van der Waals surface area contributed by atoms with Crippen molar-refractivity contribution in [3.63, 3.8) is 0 Å². The minimum atomic E-state index is 0.00196. The SMILES string of the molecule is CC(C)(C/C=C/C=C/Nc1ccccc1)c1ccccc1NCCC=O. The molecule has 0 radical (unpaired) electrons. The molecule has 0 unspecified atom stereocenters. The van der Waals surface area contributed by atoms with Crippen molar-refractivity contribution in [1.29, 1.82) is 0 Å². The second kappa shape index (κ2) is 10.2. The van der Waals surface area contributed by atoms with Gasteiger partial charge in [0, 0.05) is 30.5 Å². The van der Waals surface area contributed by atoms with E-state index in [1.807, 2.05) is 48.7 Å². The van der Waals surface area contributed by atoms with Gasteiger partial charge < -0.3 is 15.4 Å². The molecule has 3 heteroatoms. The van der Waals surface area contributed by atoms with E-state index in [1.165, 1.54) is 5.56 Å². The Morgan fingerprint density at radius 1 is 0.962 bits per heavy atom. The lowest BCUT2D eigenvalue weighted by molar-refractivity contribution is -0.107. The number of rotatable bonds is 10. The minimum absolute atomic E-state index is 0.00196. The number of nitrogens with one attached hydrogen (secondary N) is 2. The van der Waals surface area contributed by atoms with E-state index in [4.69, 9.17) is 0 Å². The molecule has 2 N–H and O–H groups in total. The van der Waals surface area contributed by atoms with Crippen LogP contribution in [-0.4, -0.2) is 12.8 Å². The molecule has 0 heterocycles. The first-order valence-electron chi connectivity index (χ1n) is 9.04. The molecule has 0 aliphatic carbocycles. The lowest BCUT2D eigenvalue weighted by Gasteiger charge is -2.27. The Bertz CT molecular complexity index is 733. The van der Waals surface area contributed by atoms with Gasteiger partial charge in [-0.15, -0.1) is 0 Å². The summed E-state index contributed by atoms with van der Waals surface area (Å²) in [6.45, 7) is 5.15. The summed E-state index contributed by atoms with van der Waals surface area (Å²) in [6.07, 6.45) is 10.6. The highest BCUT2D eigenvalue weighted by Gasteiger charge is 2.21. The Balaban J connectivity index is 1.92. The molecule has 136 valence electrons. The van der Waals surface area contributed by atoms with Gasteiger partial charge in [-0.1, -0.05) is 62.4 Å². The number of anilines is 2. The molecule has 26 heavy (non-hydrogen) atoms. The Hall–Kier alpha value is -2.81. The second-order valence-corrected chi connectivity index (χ2v) is 6.81. The van der Waals surface area contributed by atoms with Gasteiger partial charge in [0.25, 0.3) is 0 Å². The van der Waals surface area contributed by atoms with Crippen molar-refractivity contribution in [3.05, 3.63) is 84.6 Å². The van der Waals surface area contributed by atoms with E-state index >= 15 is 0 Å². The molecule has 0 aliphatic heterocycles. The van der Waals surface area contributed by atoms with Crippen LogP contribution in [0.1, 0.15) is 32.3 Å². The van der Waals surface area contributed by atoms with Gasteiger partial charge in [-0.2, -0.15) is 0 Å². The number of carbonyl (C=O) groups is 1. The van der Waals surface area contributed by atoms with Gasteiger partial charge in [-0.25, -0.2) is 0 Å². The van der Waals surface area contributed by atoms with E-state index in [0.717, 1.165) is 24.1 Å². The molecule has 3 nitrogen and oxygen atoms in total. The average Bonchev–Trinajstić information content (AvgIpc) is 2.66. The summed E-state index contributed by atoms with van der Waals surface area (Å²) in [5.74, 6) is 0. The predicted molar refractivity (Wildman–Crippen MR) is 112 cm³/mol. The number of aldehydes is 1. The Morgan fingerprint density at radius 2 is 1.69 bits per heavy atom. The van der Waals surface area contributed by atoms with E-state index in [0.29, 0.717) is 13.0 Å². The molecule has 0 saturated heterocycles. The zero-order valence-corrected chi connectivity index (χ0v) is 15.6. The van der Waals surface area contributed by atoms with Crippen LogP contribution in [-0.2, 0) is 10.2 Å². The van der Waals surface area contributed by atoms with Gasteiger partial charge in [-0.05, 0) is 41.7 Å².